The van der Waals surface area contributed by atoms with Gasteiger partial charge in [0, 0.05) is 11.9 Å². The first kappa shape index (κ1) is 13.0. The molecular weight excluding hydrogens is 263 g/mol. The van der Waals surface area contributed by atoms with E-state index in [4.69, 9.17) is 5.11 Å². The molecule has 100 valence electrons. The van der Waals surface area contributed by atoms with Crippen molar-refractivity contribution in [3.63, 3.8) is 0 Å². The van der Waals surface area contributed by atoms with Crippen molar-refractivity contribution in [2.75, 3.05) is 0 Å². The zero-order valence-corrected chi connectivity index (χ0v) is 9.39. The number of nitrogens with zero attached hydrogens (tertiary/aromatic N) is 1. The summed E-state index contributed by atoms with van der Waals surface area (Å²) in [6.07, 6.45) is -3.25. The SMILES string of the molecule is O=C(O)c1cccn1-c1ccc(OC(F)(F)F)cc1. The highest BCUT2D eigenvalue weighted by molar-refractivity contribution is 5.86. The van der Waals surface area contributed by atoms with E-state index < -0.39 is 12.3 Å². The number of carboxylic acids is 1. The lowest BCUT2D eigenvalue weighted by Gasteiger charge is -2.10. The van der Waals surface area contributed by atoms with Gasteiger partial charge in [0.25, 0.3) is 0 Å². The van der Waals surface area contributed by atoms with E-state index in [0.29, 0.717) is 5.69 Å². The van der Waals surface area contributed by atoms with Gasteiger partial charge in [-0.15, -0.1) is 13.2 Å². The summed E-state index contributed by atoms with van der Waals surface area (Å²) in [6.45, 7) is 0. The molecule has 19 heavy (non-hydrogen) atoms. The van der Waals surface area contributed by atoms with Gasteiger partial charge in [0.2, 0.25) is 0 Å². The maximum absolute atomic E-state index is 12.0. The van der Waals surface area contributed by atoms with E-state index in [1.807, 2.05) is 0 Å². The second kappa shape index (κ2) is 4.68. The minimum absolute atomic E-state index is 0.0180. The van der Waals surface area contributed by atoms with Gasteiger partial charge in [-0.1, -0.05) is 0 Å². The highest BCUT2D eigenvalue weighted by atomic mass is 19.4. The molecule has 0 aliphatic carbocycles. The molecule has 4 nitrogen and oxygen atoms in total. The Hall–Kier alpha value is -2.44. The van der Waals surface area contributed by atoms with Crippen LogP contribution in [-0.4, -0.2) is 22.0 Å². The molecule has 0 radical (unpaired) electrons. The molecule has 1 aromatic heterocycles. The van der Waals surface area contributed by atoms with Crippen molar-refractivity contribution >= 4 is 5.97 Å². The largest absolute Gasteiger partial charge is 0.573 e. The number of aromatic carboxylic acids is 1. The summed E-state index contributed by atoms with van der Waals surface area (Å²) in [7, 11) is 0. The number of hydrogen-bond donors (Lipinski definition) is 1. The van der Waals surface area contributed by atoms with Gasteiger partial charge in [0.15, 0.2) is 0 Å². The van der Waals surface area contributed by atoms with Crippen molar-refractivity contribution in [3.05, 3.63) is 48.3 Å². The van der Waals surface area contributed by atoms with Crippen molar-refractivity contribution in [2.45, 2.75) is 6.36 Å². The average Bonchev–Trinajstić information content (AvgIpc) is 2.76. The molecule has 0 saturated heterocycles. The van der Waals surface area contributed by atoms with Crippen molar-refractivity contribution < 1.29 is 27.8 Å². The van der Waals surface area contributed by atoms with E-state index in [1.54, 1.807) is 0 Å². The van der Waals surface area contributed by atoms with Crippen molar-refractivity contribution in [2.24, 2.45) is 0 Å². The molecule has 2 rings (SSSR count). The normalized spacial score (nSPS) is 11.3. The summed E-state index contributed by atoms with van der Waals surface area (Å²) in [5.74, 6) is -1.49. The number of benzene rings is 1. The molecule has 2 aromatic rings. The third-order valence-corrected chi connectivity index (χ3v) is 2.32. The first-order valence-electron chi connectivity index (χ1n) is 5.14. The molecule has 0 aliphatic heterocycles. The fraction of sp³-hybridized carbons (Fsp3) is 0.0833. The van der Waals surface area contributed by atoms with Crippen LogP contribution >= 0.6 is 0 Å². The molecule has 1 heterocycles. The summed E-state index contributed by atoms with van der Waals surface area (Å²) in [5, 5.41) is 8.93. The van der Waals surface area contributed by atoms with Gasteiger partial charge < -0.3 is 14.4 Å². The second-order valence-corrected chi connectivity index (χ2v) is 3.61. The number of hydrogen-bond acceptors (Lipinski definition) is 2. The van der Waals surface area contributed by atoms with Crippen LogP contribution in [0.4, 0.5) is 13.2 Å². The first-order chi connectivity index (χ1) is 8.87. The predicted molar refractivity (Wildman–Crippen MR) is 59.4 cm³/mol. The molecule has 0 bridgehead atoms. The zero-order valence-electron chi connectivity index (χ0n) is 9.39. The number of rotatable bonds is 3. The molecule has 0 amide bonds. The zero-order chi connectivity index (χ0) is 14.0. The maximum Gasteiger partial charge on any atom is 0.573 e. The third-order valence-electron chi connectivity index (χ3n) is 2.32. The smallest absolute Gasteiger partial charge is 0.477 e. The number of carboxylic acid groups (broad SMARTS) is 1. The van der Waals surface area contributed by atoms with Gasteiger partial charge in [-0.3, -0.25) is 0 Å². The van der Waals surface area contributed by atoms with E-state index in [0.717, 1.165) is 12.1 Å². The number of alkyl halides is 3. The topological polar surface area (TPSA) is 51.5 Å². The molecule has 0 saturated carbocycles. The van der Waals surface area contributed by atoms with Crippen LogP contribution in [0, 0.1) is 0 Å². The highest BCUT2D eigenvalue weighted by Gasteiger charge is 2.30. The van der Waals surface area contributed by atoms with Crippen LogP contribution in [0.1, 0.15) is 10.5 Å². The van der Waals surface area contributed by atoms with Gasteiger partial charge in [0.1, 0.15) is 11.4 Å². The Labute approximate surface area is 105 Å². The van der Waals surface area contributed by atoms with Gasteiger partial charge in [-0.25, -0.2) is 4.79 Å². The van der Waals surface area contributed by atoms with Crippen LogP contribution in [0.5, 0.6) is 5.75 Å². The number of carbonyl (C=O) groups is 1. The molecule has 0 fully saturated rings. The van der Waals surface area contributed by atoms with Gasteiger partial charge in [-0.05, 0) is 36.4 Å². The average molecular weight is 271 g/mol. The summed E-state index contributed by atoms with van der Waals surface area (Å²) in [6, 6.07) is 7.84. The van der Waals surface area contributed by atoms with Crippen molar-refractivity contribution in [1.82, 2.24) is 4.57 Å². The fourth-order valence-electron chi connectivity index (χ4n) is 1.59. The van der Waals surface area contributed by atoms with E-state index in [2.05, 4.69) is 4.74 Å². The Kier molecular flexibility index (Phi) is 3.20. The molecule has 1 aromatic carbocycles. The van der Waals surface area contributed by atoms with Gasteiger partial charge in [-0.2, -0.15) is 0 Å². The molecule has 1 N–H and O–H groups in total. The number of ether oxygens (including phenoxy) is 1. The van der Waals surface area contributed by atoms with Crippen molar-refractivity contribution in [3.8, 4) is 11.4 Å². The summed E-state index contributed by atoms with van der Waals surface area (Å²) in [4.78, 5) is 10.9. The monoisotopic (exact) mass is 271 g/mol. The quantitative estimate of drug-likeness (QED) is 0.933. The van der Waals surface area contributed by atoms with Crippen LogP contribution in [0.3, 0.4) is 0 Å². The molecule has 0 unspecified atom stereocenters. The van der Waals surface area contributed by atoms with Crippen LogP contribution in [0.15, 0.2) is 42.6 Å². The highest BCUT2D eigenvalue weighted by Crippen LogP contribution is 2.24. The lowest BCUT2D eigenvalue weighted by atomic mass is 10.3. The molecule has 0 atom stereocenters. The first-order valence-corrected chi connectivity index (χ1v) is 5.14. The Morgan fingerprint density at radius 1 is 1.16 bits per heavy atom. The van der Waals surface area contributed by atoms with Crippen LogP contribution < -0.4 is 4.74 Å². The number of halogens is 3. The van der Waals surface area contributed by atoms with Gasteiger partial charge >= 0.3 is 12.3 Å². The second-order valence-electron chi connectivity index (χ2n) is 3.61. The number of aromatic nitrogens is 1. The Morgan fingerprint density at radius 3 is 2.32 bits per heavy atom. The minimum atomic E-state index is -4.75. The van der Waals surface area contributed by atoms with E-state index in [-0.39, 0.29) is 11.4 Å². The molecular formula is C12H8F3NO3. The van der Waals surface area contributed by atoms with Gasteiger partial charge in [0.05, 0.1) is 0 Å². The lowest BCUT2D eigenvalue weighted by molar-refractivity contribution is -0.274. The summed E-state index contributed by atoms with van der Waals surface area (Å²) in [5.41, 5.74) is 0.446. The minimum Gasteiger partial charge on any atom is -0.477 e. The van der Waals surface area contributed by atoms with Crippen LogP contribution in [0.2, 0.25) is 0 Å². The summed E-state index contributed by atoms with van der Waals surface area (Å²) < 4.78 is 41.0. The molecule has 7 heteroatoms. The van der Waals surface area contributed by atoms with E-state index >= 15 is 0 Å². The van der Waals surface area contributed by atoms with Crippen LogP contribution in [0.25, 0.3) is 5.69 Å². The van der Waals surface area contributed by atoms with E-state index in [1.165, 1.54) is 35.0 Å². The van der Waals surface area contributed by atoms with E-state index in [9.17, 15) is 18.0 Å². The summed E-state index contributed by atoms with van der Waals surface area (Å²) >= 11 is 0. The third kappa shape index (κ3) is 3.06. The Balaban J connectivity index is 2.28. The Bertz CT molecular complexity index is 587. The fourth-order valence-corrected chi connectivity index (χ4v) is 1.59. The maximum atomic E-state index is 12.0. The Morgan fingerprint density at radius 2 is 1.79 bits per heavy atom. The van der Waals surface area contributed by atoms with Crippen molar-refractivity contribution in [1.29, 1.82) is 0 Å². The standard InChI is InChI=1S/C12H8F3NO3/c13-12(14,15)19-9-5-3-8(4-6-9)16-7-1-2-10(16)11(17)18/h1-7H,(H,17,18). The predicted octanol–water partition coefficient (Wildman–Crippen LogP) is 3.07. The molecule has 0 aliphatic rings. The van der Waals surface area contributed by atoms with Crippen LogP contribution in [-0.2, 0) is 0 Å². The lowest BCUT2D eigenvalue weighted by Crippen LogP contribution is -2.17. The molecule has 0 spiro atoms.